The number of carbonyl (C=O) groups is 1. The lowest BCUT2D eigenvalue weighted by molar-refractivity contribution is -0.116. The molecule has 4 aromatic rings. The summed E-state index contributed by atoms with van der Waals surface area (Å²) in [6, 6.07) is 11.2. The second kappa shape index (κ2) is 7.20. The van der Waals surface area contributed by atoms with Crippen LogP contribution in [-0.2, 0) is 11.2 Å². The third kappa shape index (κ3) is 4.06. The Kier molecular flexibility index (Phi) is 4.44. The zero-order valence-electron chi connectivity index (χ0n) is 13.9. The van der Waals surface area contributed by atoms with E-state index in [0.717, 1.165) is 0 Å². The molecule has 4 rings (SSSR count). The first-order valence-electron chi connectivity index (χ1n) is 8.11. The van der Waals surface area contributed by atoms with Crippen LogP contribution in [-0.4, -0.2) is 36.5 Å². The summed E-state index contributed by atoms with van der Waals surface area (Å²) >= 11 is 0. The highest BCUT2D eigenvalue weighted by Gasteiger charge is 2.08. The fourth-order valence-corrected chi connectivity index (χ4v) is 2.52. The largest absolute Gasteiger partial charge is 0.422 e. The number of amides is 1. The maximum Gasteiger partial charge on any atom is 0.361 e. The van der Waals surface area contributed by atoms with Gasteiger partial charge in [-0.1, -0.05) is 10.2 Å². The van der Waals surface area contributed by atoms with Crippen LogP contribution in [0.3, 0.4) is 0 Å². The molecular formula is C17H14FN7O2. The molecule has 0 saturated heterocycles. The number of nitrogens with zero attached hydrogens (tertiary/aromatic N) is 4. The minimum Gasteiger partial charge on any atom is -0.422 e. The second-order valence-corrected chi connectivity index (χ2v) is 5.71. The van der Waals surface area contributed by atoms with E-state index >= 15 is 0 Å². The van der Waals surface area contributed by atoms with Crippen molar-refractivity contribution in [3.05, 3.63) is 54.1 Å². The third-order valence-electron chi connectivity index (χ3n) is 3.75. The van der Waals surface area contributed by atoms with Crippen LogP contribution in [0.25, 0.3) is 11.0 Å². The third-order valence-corrected chi connectivity index (χ3v) is 3.75. The number of H-pyrrole nitrogens is 2. The van der Waals surface area contributed by atoms with Crippen LogP contribution in [0.15, 0.2) is 42.5 Å². The van der Waals surface area contributed by atoms with Crippen molar-refractivity contribution in [2.45, 2.75) is 12.8 Å². The fraction of sp³-hybridized carbons (Fsp3) is 0.118. The zero-order valence-corrected chi connectivity index (χ0v) is 13.9. The zero-order chi connectivity index (χ0) is 18.6. The molecule has 9 nitrogen and oxygen atoms in total. The highest BCUT2D eigenvalue weighted by atomic mass is 19.1. The number of anilines is 1. The van der Waals surface area contributed by atoms with Crippen LogP contribution in [0, 0.1) is 5.82 Å². The van der Waals surface area contributed by atoms with E-state index in [2.05, 4.69) is 35.9 Å². The van der Waals surface area contributed by atoms with Crippen LogP contribution in [0.2, 0.25) is 0 Å². The lowest BCUT2D eigenvalue weighted by Gasteiger charge is -2.06. The number of imidazole rings is 1. The molecule has 0 bridgehead atoms. The molecule has 136 valence electrons. The highest BCUT2D eigenvalue weighted by molar-refractivity contribution is 5.90. The first-order chi connectivity index (χ1) is 13.2. The summed E-state index contributed by atoms with van der Waals surface area (Å²) < 4.78 is 18.6. The number of aryl methyl sites for hydroxylation is 1. The summed E-state index contributed by atoms with van der Waals surface area (Å²) in [5, 5.41) is 15.9. The molecule has 0 aliphatic carbocycles. The number of hydrogen-bond donors (Lipinski definition) is 3. The number of carbonyl (C=O) groups excluding carboxylic acids is 1. The topological polar surface area (TPSA) is 121 Å². The maximum absolute atomic E-state index is 13.2. The number of aromatic amines is 2. The van der Waals surface area contributed by atoms with Crippen molar-refractivity contribution in [2.24, 2.45) is 0 Å². The van der Waals surface area contributed by atoms with Gasteiger partial charge in [-0.2, -0.15) is 5.21 Å². The number of halogens is 1. The highest BCUT2D eigenvalue weighted by Crippen LogP contribution is 2.20. The van der Waals surface area contributed by atoms with Gasteiger partial charge in [0.05, 0.1) is 11.0 Å². The van der Waals surface area contributed by atoms with Gasteiger partial charge in [0.2, 0.25) is 5.91 Å². The molecule has 3 N–H and O–H groups in total. The standard InChI is InChI=1S/C17H14FN7O2/c18-10-1-6-13-14(9-10)21-15(20-13)7-8-16(26)19-11-2-4-12(5-3-11)27-17-22-24-25-23-17/h1-6,9H,7-8H2,(H,19,26)(H,20,21)(H,22,23,24,25). The molecule has 1 amide bonds. The van der Waals surface area contributed by atoms with E-state index in [-0.39, 0.29) is 24.2 Å². The van der Waals surface area contributed by atoms with Crippen molar-refractivity contribution in [1.82, 2.24) is 30.6 Å². The number of rotatable bonds is 6. The predicted octanol–water partition coefficient (Wildman–Crippen LogP) is 2.58. The molecule has 27 heavy (non-hydrogen) atoms. The monoisotopic (exact) mass is 367 g/mol. The van der Waals surface area contributed by atoms with Crippen LogP contribution >= 0.6 is 0 Å². The number of hydrogen-bond acceptors (Lipinski definition) is 6. The normalized spacial score (nSPS) is 10.9. The smallest absolute Gasteiger partial charge is 0.361 e. The second-order valence-electron chi connectivity index (χ2n) is 5.71. The van der Waals surface area contributed by atoms with E-state index in [0.29, 0.717) is 34.7 Å². The van der Waals surface area contributed by atoms with Crippen LogP contribution < -0.4 is 10.1 Å². The maximum atomic E-state index is 13.2. The molecular weight excluding hydrogens is 353 g/mol. The molecule has 0 saturated carbocycles. The minimum atomic E-state index is -0.331. The van der Waals surface area contributed by atoms with Crippen molar-refractivity contribution in [2.75, 3.05) is 5.32 Å². The summed E-state index contributed by atoms with van der Waals surface area (Å²) in [7, 11) is 0. The average molecular weight is 367 g/mol. The summed E-state index contributed by atoms with van der Waals surface area (Å²) in [4.78, 5) is 19.5. The van der Waals surface area contributed by atoms with Crippen molar-refractivity contribution in [1.29, 1.82) is 0 Å². The Morgan fingerprint density at radius 1 is 1.19 bits per heavy atom. The average Bonchev–Trinajstić information content (AvgIpc) is 3.30. The van der Waals surface area contributed by atoms with Gasteiger partial charge in [-0.3, -0.25) is 4.79 Å². The molecule has 0 atom stereocenters. The van der Waals surface area contributed by atoms with Gasteiger partial charge >= 0.3 is 6.01 Å². The summed E-state index contributed by atoms with van der Waals surface area (Å²) in [6.07, 6.45) is 0.657. The predicted molar refractivity (Wildman–Crippen MR) is 93.7 cm³/mol. The molecule has 0 aliphatic heterocycles. The van der Waals surface area contributed by atoms with E-state index in [1.54, 1.807) is 30.3 Å². The Bertz CT molecular complexity index is 1060. The van der Waals surface area contributed by atoms with Crippen molar-refractivity contribution in [3.8, 4) is 11.8 Å². The van der Waals surface area contributed by atoms with Crippen LogP contribution in [0.4, 0.5) is 10.1 Å². The number of ether oxygens (including phenoxy) is 1. The molecule has 10 heteroatoms. The Morgan fingerprint density at radius 2 is 2.04 bits per heavy atom. The lowest BCUT2D eigenvalue weighted by atomic mass is 10.2. The van der Waals surface area contributed by atoms with E-state index in [1.807, 2.05) is 0 Å². The summed E-state index contributed by atoms with van der Waals surface area (Å²) in [5.41, 5.74) is 1.92. The molecule has 2 aromatic carbocycles. The Balaban J connectivity index is 1.31. The van der Waals surface area contributed by atoms with Gasteiger partial charge in [-0.05, 0) is 47.7 Å². The van der Waals surface area contributed by atoms with Gasteiger partial charge in [-0.15, -0.1) is 0 Å². The number of nitrogens with one attached hydrogen (secondary N) is 3. The van der Waals surface area contributed by atoms with Crippen molar-refractivity contribution >= 4 is 22.6 Å². The Labute approximate surface area is 152 Å². The van der Waals surface area contributed by atoms with Crippen LogP contribution in [0.1, 0.15) is 12.2 Å². The van der Waals surface area contributed by atoms with E-state index in [9.17, 15) is 9.18 Å². The van der Waals surface area contributed by atoms with E-state index in [1.165, 1.54) is 12.1 Å². The van der Waals surface area contributed by atoms with Gasteiger partial charge < -0.3 is 15.0 Å². The quantitative estimate of drug-likeness (QED) is 0.481. The molecule has 0 unspecified atom stereocenters. The number of aromatic nitrogens is 6. The molecule has 0 aliphatic rings. The van der Waals surface area contributed by atoms with Crippen LogP contribution in [0.5, 0.6) is 11.8 Å². The Hall–Kier alpha value is -3.82. The fourth-order valence-electron chi connectivity index (χ4n) is 2.52. The molecule has 0 radical (unpaired) electrons. The molecule has 2 aromatic heterocycles. The summed E-state index contributed by atoms with van der Waals surface area (Å²) in [6.45, 7) is 0. The number of tetrazole rings is 1. The van der Waals surface area contributed by atoms with E-state index < -0.39 is 0 Å². The van der Waals surface area contributed by atoms with Crippen molar-refractivity contribution in [3.63, 3.8) is 0 Å². The number of fused-ring (bicyclic) bond motifs is 1. The van der Waals surface area contributed by atoms with Gasteiger partial charge in [0.25, 0.3) is 0 Å². The van der Waals surface area contributed by atoms with Gasteiger partial charge in [0.1, 0.15) is 17.4 Å². The van der Waals surface area contributed by atoms with Crippen molar-refractivity contribution < 1.29 is 13.9 Å². The lowest BCUT2D eigenvalue weighted by Crippen LogP contribution is -2.12. The molecule has 0 fully saturated rings. The number of benzene rings is 2. The van der Waals surface area contributed by atoms with E-state index in [4.69, 9.17) is 4.74 Å². The van der Waals surface area contributed by atoms with Gasteiger partial charge in [0.15, 0.2) is 0 Å². The molecule has 0 spiro atoms. The SMILES string of the molecule is O=C(CCc1nc2ccc(F)cc2[nH]1)Nc1ccc(Oc2nn[nH]n2)cc1. The first-order valence-corrected chi connectivity index (χ1v) is 8.11. The first kappa shape index (κ1) is 16.6. The van der Waals surface area contributed by atoms with Gasteiger partial charge in [0, 0.05) is 18.5 Å². The minimum absolute atomic E-state index is 0.109. The Morgan fingerprint density at radius 3 is 2.81 bits per heavy atom. The van der Waals surface area contributed by atoms with Gasteiger partial charge in [-0.25, -0.2) is 9.37 Å². The summed E-state index contributed by atoms with van der Waals surface area (Å²) in [5.74, 6) is 0.661. The molecule has 2 heterocycles.